The Morgan fingerprint density at radius 1 is 1.13 bits per heavy atom. The first kappa shape index (κ1) is 21.5. The zero-order chi connectivity index (χ0) is 21.9. The Morgan fingerprint density at radius 3 is 2.33 bits per heavy atom. The smallest absolute Gasteiger partial charge is 0.321 e. The van der Waals surface area contributed by atoms with Crippen molar-refractivity contribution < 1.29 is 22.7 Å². The van der Waals surface area contributed by atoms with Crippen LogP contribution in [0.3, 0.4) is 0 Å². The monoisotopic (exact) mass is 433 g/mol. The number of aromatic nitrogens is 4. The Morgan fingerprint density at radius 2 is 1.77 bits per heavy atom. The maximum atomic E-state index is 13.0. The van der Waals surface area contributed by atoms with Crippen molar-refractivity contribution in [1.82, 2.24) is 24.9 Å². The summed E-state index contributed by atoms with van der Waals surface area (Å²) in [5, 5.41) is 21.3. The number of nitrogens with zero attached hydrogens (tertiary/aromatic N) is 4. The number of carboxylic acid groups (broad SMARTS) is 1. The van der Waals surface area contributed by atoms with Crippen molar-refractivity contribution in [2.75, 3.05) is 0 Å². The highest BCUT2D eigenvalue weighted by molar-refractivity contribution is 7.89. The average Bonchev–Trinajstić information content (AvgIpc) is 3.18. The molecule has 0 radical (unpaired) electrons. The van der Waals surface area contributed by atoms with Gasteiger partial charge >= 0.3 is 5.97 Å². The van der Waals surface area contributed by atoms with E-state index in [2.05, 4.69) is 20.1 Å². The molecule has 3 aromatic rings. The van der Waals surface area contributed by atoms with Crippen LogP contribution in [0.4, 0.5) is 4.39 Å². The topological polar surface area (TPSA) is 127 Å². The summed E-state index contributed by atoms with van der Waals surface area (Å²) in [5.74, 6) is -1.36. The lowest BCUT2D eigenvalue weighted by atomic mass is 10.1. The number of hydrogen-bond acceptors (Lipinski definition) is 6. The van der Waals surface area contributed by atoms with Gasteiger partial charge in [0.25, 0.3) is 0 Å². The summed E-state index contributed by atoms with van der Waals surface area (Å²) in [7, 11) is -4.02. The van der Waals surface area contributed by atoms with Crippen LogP contribution in [-0.2, 0) is 14.8 Å². The first-order chi connectivity index (χ1) is 14.2. The molecule has 1 heterocycles. The first-order valence-corrected chi connectivity index (χ1v) is 10.6. The van der Waals surface area contributed by atoms with E-state index in [4.69, 9.17) is 0 Å². The lowest BCUT2D eigenvalue weighted by Crippen LogP contribution is -2.41. The second kappa shape index (κ2) is 8.67. The van der Waals surface area contributed by atoms with Crippen molar-refractivity contribution in [2.24, 2.45) is 5.92 Å². The number of halogens is 1. The van der Waals surface area contributed by atoms with Gasteiger partial charge < -0.3 is 5.11 Å². The van der Waals surface area contributed by atoms with Crippen LogP contribution in [0.2, 0.25) is 0 Å². The summed E-state index contributed by atoms with van der Waals surface area (Å²) in [4.78, 5) is 12.5. The fourth-order valence-corrected chi connectivity index (χ4v) is 3.93. The van der Waals surface area contributed by atoms with Gasteiger partial charge in [-0.25, -0.2) is 12.8 Å². The van der Waals surface area contributed by atoms with Crippen molar-refractivity contribution in [2.45, 2.75) is 31.2 Å². The van der Waals surface area contributed by atoms with E-state index in [9.17, 15) is 22.7 Å². The van der Waals surface area contributed by atoms with Gasteiger partial charge in [-0.15, -0.1) is 15.0 Å². The molecule has 9 nitrogen and oxygen atoms in total. The van der Waals surface area contributed by atoms with Crippen molar-refractivity contribution in [3.63, 3.8) is 0 Å². The van der Waals surface area contributed by atoms with Crippen LogP contribution < -0.4 is 4.72 Å². The first-order valence-electron chi connectivity index (χ1n) is 9.07. The van der Waals surface area contributed by atoms with Crippen molar-refractivity contribution >= 4 is 16.0 Å². The molecule has 2 N–H and O–H groups in total. The summed E-state index contributed by atoms with van der Waals surface area (Å²) in [6.45, 7) is 3.62. The molecule has 0 spiro atoms. The van der Waals surface area contributed by atoms with Crippen LogP contribution in [0.25, 0.3) is 17.1 Å². The van der Waals surface area contributed by atoms with Gasteiger partial charge in [0.05, 0.1) is 10.6 Å². The van der Waals surface area contributed by atoms with Gasteiger partial charge in [0.1, 0.15) is 11.9 Å². The van der Waals surface area contributed by atoms with Gasteiger partial charge in [-0.3, -0.25) is 4.79 Å². The predicted molar refractivity (Wildman–Crippen MR) is 106 cm³/mol. The third-order valence-corrected chi connectivity index (χ3v) is 5.68. The molecule has 0 amide bonds. The van der Waals surface area contributed by atoms with Crippen molar-refractivity contribution in [3.05, 3.63) is 54.3 Å². The summed E-state index contributed by atoms with van der Waals surface area (Å²) in [6, 6.07) is 10.00. The second-order valence-corrected chi connectivity index (χ2v) is 8.76. The molecular formula is C19H20FN5O4S. The van der Waals surface area contributed by atoms with Gasteiger partial charge in [-0.1, -0.05) is 13.8 Å². The second-order valence-electron chi connectivity index (χ2n) is 7.04. The molecule has 1 atom stereocenters. The number of nitrogens with one attached hydrogen (secondary N) is 1. The van der Waals surface area contributed by atoms with Gasteiger partial charge in [0.15, 0.2) is 0 Å². The maximum absolute atomic E-state index is 13.0. The van der Waals surface area contributed by atoms with Crippen molar-refractivity contribution in [3.8, 4) is 17.1 Å². The molecule has 0 saturated heterocycles. The van der Waals surface area contributed by atoms with E-state index in [1.807, 2.05) is 13.8 Å². The molecule has 0 aliphatic carbocycles. The molecule has 0 fully saturated rings. The third-order valence-electron chi connectivity index (χ3n) is 4.20. The van der Waals surface area contributed by atoms with Crippen LogP contribution >= 0.6 is 0 Å². The number of benzene rings is 2. The number of sulfonamides is 1. The minimum Gasteiger partial charge on any atom is -0.480 e. The minimum absolute atomic E-state index is 0.00553. The number of hydrogen-bond donors (Lipinski definition) is 2. The molecule has 0 bridgehead atoms. The fraction of sp³-hybridized carbons (Fsp3) is 0.263. The summed E-state index contributed by atoms with van der Waals surface area (Å²) in [6.07, 6.45) is 0.170. The lowest BCUT2D eigenvalue weighted by Gasteiger charge is -2.16. The largest absolute Gasteiger partial charge is 0.480 e. The normalized spacial score (nSPS) is 12.8. The van der Waals surface area contributed by atoms with Gasteiger partial charge in [-0.05, 0) is 66.1 Å². The summed E-state index contributed by atoms with van der Waals surface area (Å²) < 4.78 is 40.3. The quantitative estimate of drug-likeness (QED) is 0.558. The number of tetrazole rings is 1. The molecule has 0 saturated carbocycles. The summed E-state index contributed by atoms with van der Waals surface area (Å²) >= 11 is 0. The average molecular weight is 433 g/mol. The summed E-state index contributed by atoms with van der Waals surface area (Å²) in [5.41, 5.74) is 1.03. The van der Waals surface area contributed by atoms with Crippen molar-refractivity contribution in [1.29, 1.82) is 0 Å². The van der Waals surface area contributed by atoms with E-state index in [0.717, 1.165) is 0 Å². The highest BCUT2D eigenvalue weighted by Crippen LogP contribution is 2.19. The zero-order valence-electron chi connectivity index (χ0n) is 16.2. The molecule has 0 aliphatic rings. The van der Waals surface area contributed by atoms with Gasteiger partial charge in [-0.2, -0.15) is 4.72 Å². The molecule has 1 unspecified atom stereocenters. The molecule has 30 heavy (non-hydrogen) atoms. The fourth-order valence-electron chi connectivity index (χ4n) is 2.72. The van der Waals surface area contributed by atoms with Gasteiger partial charge in [0, 0.05) is 5.56 Å². The number of carboxylic acids is 1. The minimum atomic E-state index is -4.02. The Labute approximate surface area is 172 Å². The van der Waals surface area contributed by atoms with Crippen LogP contribution in [-0.4, -0.2) is 45.7 Å². The Kier molecular flexibility index (Phi) is 6.22. The van der Waals surface area contributed by atoms with E-state index >= 15 is 0 Å². The molecule has 0 aliphatic heterocycles. The molecule has 2 aromatic carbocycles. The van der Waals surface area contributed by atoms with Crippen LogP contribution in [0.1, 0.15) is 20.3 Å². The Bertz CT molecular complexity index is 1130. The molecule has 3 rings (SSSR count). The molecular weight excluding hydrogens is 413 g/mol. The van der Waals surface area contributed by atoms with Crippen LogP contribution in [0.5, 0.6) is 0 Å². The van der Waals surface area contributed by atoms with E-state index in [1.54, 1.807) is 0 Å². The maximum Gasteiger partial charge on any atom is 0.321 e. The van der Waals surface area contributed by atoms with E-state index < -0.39 is 22.0 Å². The van der Waals surface area contributed by atoms with E-state index in [0.29, 0.717) is 11.3 Å². The lowest BCUT2D eigenvalue weighted by molar-refractivity contribution is -0.139. The van der Waals surface area contributed by atoms with Crippen LogP contribution in [0.15, 0.2) is 53.4 Å². The van der Waals surface area contributed by atoms with Gasteiger partial charge in [0.2, 0.25) is 15.8 Å². The molecule has 1 aromatic heterocycles. The van der Waals surface area contributed by atoms with Crippen LogP contribution in [0, 0.1) is 11.7 Å². The SMILES string of the molecule is CC(C)CC(NS(=O)(=O)c1ccc(-c2nnn(-c3ccc(F)cc3)n2)cc1)C(=O)O. The Balaban J connectivity index is 1.79. The molecule has 158 valence electrons. The van der Waals surface area contributed by atoms with E-state index in [-0.39, 0.29) is 28.9 Å². The number of rotatable bonds is 8. The number of aliphatic carboxylic acids is 1. The Hall–Kier alpha value is -3.18. The highest BCUT2D eigenvalue weighted by atomic mass is 32.2. The van der Waals surface area contributed by atoms with E-state index in [1.165, 1.54) is 53.3 Å². The third kappa shape index (κ3) is 5.05. The standard InChI is InChI=1S/C19H20FN5O4S/c1-12(2)11-17(19(26)27)23-30(28,29)16-9-3-13(4-10-16)18-21-24-25(22-18)15-7-5-14(20)6-8-15/h3-10,12,17,23H,11H2,1-2H3,(H,26,27). The highest BCUT2D eigenvalue weighted by Gasteiger charge is 2.26. The molecule has 11 heteroatoms. The number of carbonyl (C=O) groups is 1. The zero-order valence-corrected chi connectivity index (χ0v) is 17.0. The predicted octanol–water partition coefficient (Wildman–Crippen LogP) is 2.25.